The number of carbonyl (C=O) groups excluding carboxylic acids is 2. The minimum atomic E-state index is -3.67. The Morgan fingerprint density at radius 2 is 2.21 bits per heavy atom. The molecule has 1 aromatic carbocycles. The van der Waals surface area contributed by atoms with Gasteiger partial charge in [-0.1, -0.05) is 13.0 Å². The van der Waals surface area contributed by atoms with Crippen LogP contribution in [0, 0.1) is 5.92 Å². The van der Waals surface area contributed by atoms with Crippen LogP contribution in [0.5, 0.6) is 0 Å². The summed E-state index contributed by atoms with van der Waals surface area (Å²) in [4.78, 5) is 24.4. The standard InChI is InChI=1S/C16H20N2O5S/c1-11-10-24(21,22)18(16(11)20)13-5-2-4-12(8-13)15(19)17-9-14-6-3-7-23-14/h2,4-5,8,11,14H,3,6-7,9-10H2,1H3,(H,17,19). The number of amides is 2. The van der Waals surface area contributed by atoms with Gasteiger partial charge in [-0.25, -0.2) is 12.7 Å². The lowest BCUT2D eigenvalue weighted by Crippen LogP contribution is -2.33. The average Bonchev–Trinajstić information content (AvgIpc) is 3.11. The van der Waals surface area contributed by atoms with Crippen molar-refractivity contribution in [1.29, 1.82) is 0 Å². The van der Waals surface area contributed by atoms with E-state index in [4.69, 9.17) is 4.74 Å². The van der Waals surface area contributed by atoms with Crippen LogP contribution >= 0.6 is 0 Å². The quantitative estimate of drug-likeness (QED) is 0.869. The highest BCUT2D eigenvalue weighted by molar-refractivity contribution is 7.94. The number of ether oxygens (including phenoxy) is 1. The van der Waals surface area contributed by atoms with Crippen LogP contribution in [0.3, 0.4) is 0 Å². The Kier molecular flexibility index (Phi) is 4.60. The van der Waals surface area contributed by atoms with Crippen molar-refractivity contribution in [3.63, 3.8) is 0 Å². The highest BCUT2D eigenvalue weighted by atomic mass is 32.2. The van der Waals surface area contributed by atoms with E-state index in [1.807, 2.05) is 0 Å². The fourth-order valence-electron chi connectivity index (χ4n) is 2.97. The van der Waals surface area contributed by atoms with Crippen molar-refractivity contribution in [3.05, 3.63) is 29.8 Å². The first-order valence-corrected chi connectivity index (χ1v) is 9.56. The van der Waals surface area contributed by atoms with E-state index in [0.29, 0.717) is 18.7 Å². The number of nitrogens with one attached hydrogen (secondary N) is 1. The maximum Gasteiger partial charge on any atom is 0.251 e. The number of nitrogens with zero attached hydrogens (tertiary/aromatic N) is 1. The van der Waals surface area contributed by atoms with Crippen LogP contribution in [0.4, 0.5) is 5.69 Å². The molecule has 0 radical (unpaired) electrons. The normalized spacial score (nSPS) is 25.9. The second-order valence-electron chi connectivity index (χ2n) is 6.18. The molecular weight excluding hydrogens is 332 g/mol. The van der Waals surface area contributed by atoms with Gasteiger partial charge in [0.25, 0.3) is 5.91 Å². The topological polar surface area (TPSA) is 92.8 Å². The molecule has 24 heavy (non-hydrogen) atoms. The second kappa shape index (κ2) is 6.52. The van der Waals surface area contributed by atoms with Crippen LogP contribution < -0.4 is 9.62 Å². The summed E-state index contributed by atoms with van der Waals surface area (Å²) in [6.07, 6.45) is 1.93. The molecule has 2 heterocycles. The maximum atomic E-state index is 12.3. The SMILES string of the molecule is CC1CS(=O)(=O)N(c2cccc(C(=O)NCC3CCCO3)c2)C1=O. The summed E-state index contributed by atoms with van der Waals surface area (Å²) in [5.41, 5.74) is 0.516. The van der Waals surface area contributed by atoms with Crippen molar-refractivity contribution in [2.45, 2.75) is 25.9 Å². The summed E-state index contributed by atoms with van der Waals surface area (Å²) in [6.45, 7) is 2.71. The number of carbonyl (C=O) groups is 2. The summed E-state index contributed by atoms with van der Waals surface area (Å²) in [5, 5.41) is 2.78. The van der Waals surface area contributed by atoms with Gasteiger partial charge < -0.3 is 10.1 Å². The fraction of sp³-hybridized carbons (Fsp3) is 0.500. The molecule has 2 amide bonds. The highest BCUT2D eigenvalue weighted by Gasteiger charge is 2.42. The molecule has 0 bridgehead atoms. The third kappa shape index (κ3) is 3.29. The molecule has 2 aliphatic heterocycles. The van der Waals surface area contributed by atoms with Gasteiger partial charge in [0.1, 0.15) is 0 Å². The number of anilines is 1. The number of hydrogen-bond acceptors (Lipinski definition) is 5. The lowest BCUT2D eigenvalue weighted by atomic mass is 10.1. The Labute approximate surface area is 141 Å². The van der Waals surface area contributed by atoms with Crippen molar-refractivity contribution in [1.82, 2.24) is 5.32 Å². The Balaban J connectivity index is 1.76. The lowest BCUT2D eigenvalue weighted by Gasteiger charge is -2.16. The van der Waals surface area contributed by atoms with Crippen LogP contribution in [-0.2, 0) is 19.6 Å². The Hall–Kier alpha value is -1.93. The van der Waals surface area contributed by atoms with E-state index in [2.05, 4.69) is 5.32 Å². The minimum absolute atomic E-state index is 0.0264. The minimum Gasteiger partial charge on any atom is -0.376 e. The fourth-order valence-corrected chi connectivity index (χ4v) is 4.79. The van der Waals surface area contributed by atoms with Crippen molar-refractivity contribution in [3.8, 4) is 0 Å². The second-order valence-corrected chi connectivity index (χ2v) is 8.04. The predicted octanol–water partition coefficient (Wildman–Crippen LogP) is 0.908. The highest BCUT2D eigenvalue weighted by Crippen LogP contribution is 2.28. The zero-order valence-corrected chi connectivity index (χ0v) is 14.2. The monoisotopic (exact) mass is 352 g/mol. The zero-order chi connectivity index (χ0) is 17.3. The number of hydrogen-bond donors (Lipinski definition) is 1. The van der Waals surface area contributed by atoms with E-state index in [9.17, 15) is 18.0 Å². The van der Waals surface area contributed by atoms with Gasteiger partial charge in [0.2, 0.25) is 15.9 Å². The molecule has 2 fully saturated rings. The van der Waals surface area contributed by atoms with E-state index < -0.39 is 21.8 Å². The number of rotatable bonds is 4. The van der Waals surface area contributed by atoms with Crippen LogP contribution in [0.25, 0.3) is 0 Å². The van der Waals surface area contributed by atoms with E-state index in [1.165, 1.54) is 12.1 Å². The molecule has 0 aromatic heterocycles. The molecular formula is C16H20N2O5S. The smallest absolute Gasteiger partial charge is 0.251 e. The largest absolute Gasteiger partial charge is 0.376 e. The van der Waals surface area contributed by atoms with Crippen molar-refractivity contribution >= 4 is 27.5 Å². The van der Waals surface area contributed by atoms with Gasteiger partial charge in [-0.3, -0.25) is 9.59 Å². The Bertz CT molecular complexity index is 755. The molecule has 1 N–H and O–H groups in total. The molecule has 2 unspecified atom stereocenters. The van der Waals surface area contributed by atoms with E-state index in [-0.39, 0.29) is 23.5 Å². The molecule has 8 heteroatoms. The molecule has 130 valence electrons. The molecule has 2 atom stereocenters. The molecule has 0 saturated carbocycles. The van der Waals surface area contributed by atoms with E-state index in [1.54, 1.807) is 19.1 Å². The third-order valence-electron chi connectivity index (χ3n) is 4.22. The van der Waals surface area contributed by atoms with Gasteiger partial charge in [-0.15, -0.1) is 0 Å². The summed E-state index contributed by atoms with van der Waals surface area (Å²) < 4.78 is 30.6. The van der Waals surface area contributed by atoms with E-state index in [0.717, 1.165) is 17.1 Å². The van der Waals surface area contributed by atoms with Crippen LogP contribution in [0.1, 0.15) is 30.1 Å². The van der Waals surface area contributed by atoms with Crippen LogP contribution in [-0.4, -0.2) is 45.2 Å². The maximum absolute atomic E-state index is 12.3. The van der Waals surface area contributed by atoms with Gasteiger partial charge in [0.05, 0.1) is 23.5 Å². The lowest BCUT2D eigenvalue weighted by molar-refractivity contribution is -0.119. The number of benzene rings is 1. The van der Waals surface area contributed by atoms with Gasteiger partial charge >= 0.3 is 0 Å². The zero-order valence-electron chi connectivity index (χ0n) is 13.4. The van der Waals surface area contributed by atoms with Crippen molar-refractivity contribution < 1.29 is 22.7 Å². The molecule has 0 spiro atoms. The summed E-state index contributed by atoms with van der Waals surface area (Å²) in [5.74, 6) is -1.57. The first-order valence-electron chi connectivity index (χ1n) is 7.95. The Morgan fingerprint density at radius 3 is 2.83 bits per heavy atom. The molecule has 7 nitrogen and oxygen atoms in total. The van der Waals surface area contributed by atoms with Crippen LogP contribution in [0.2, 0.25) is 0 Å². The van der Waals surface area contributed by atoms with Crippen LogP contribution in [0.15, 0.2) is 24.3 Å². The molecule has 2 aliphatic rings. The van der Waals surface area contributed by atoms with Gasteiger partial charge in [0.15, 0.2) is 0 Å². The predicted molar refractivity (Wildman–Crippen MR) is 88.2 cm³/mol. The molecule has 2 saturated heterocycles. The van der Waals surface area contributed by atoms with Crippen molar-refractivity contribution in [2.24, 2.45) is 5.92 Å². The molecule has 0 aliphatic carbocycles. The van der Waals surface area contributed by atoms with Gasteiger partial charge in [-0.2, -0.15) is 0 Å². The third-order valence-corrected chi connectivity index (χ3v) is 6.09. The molecule has 3 rings (SSSR count). The first-order chi connectivity index (χ1) is 11.4. The summed E-state index contributed by atoms with van der Waals surface area (Å²) in [7, 11) is -3.67. The average molecular weight is 352 g/mol. The van der Waals surface area contributed by atoms with E-state index >= 15 is 0 Å². The first kappa shape index (κ1) is 16.9. The summed E-state index contributed by atoms with van der Waals surface area (Å²) >= 11 is 0. The number of sulfonamides is 1. The Morgan fingerprint density at radius 1 is 1.42 bits per heavy atom. The summed E-state index contributed by atoms with van der Waals surface area (Å²) in [6, 6.07) is 6.11. The van der Waals surface area contributed by atoms with Crippen molar-refractivity contribution in [2.75, 3.05) is 23.2 Å². The van der Waals surface area contributed by atoms with Gasteiger partial charge in [-0.05, 0) is 31.0 Å². The molecule has 1 aromatic rings. The van der Waals surface area contributed by atoms with Gasteiger partial charge in [0, 0.05) is 18.7 Å².